The molecule has 2 rings (SSSR count). The maximum absolute atomic E-state index is 4.00. The van der Waals surface area contributed by atoms with Gasteiger partial charge in [0.15, 0.2) is 5.65 Å². The molecule has 0 atom stereocenters. The molecule has 2 aromatic rings. The van der Waals surface area contributed by atoms with Crippen molar-refractivity contribution < 1.29 is 0 Å². The summed E-state index contributed by atoms with van der Waals surface area (Å²) in [7, 11) is 0. The van der Waals surface area contributed by atoms with E-state index in [2.05, 4.69) is 15.0 Å². The van der Waals surface area contributed by atoms with Gasteiger partial charge in [0.1, 0.15) is 0 Å². The van der Waals surface area contributed by atoms with Crippen LogP contribution in [0.1, 0.15) is 0 Å². The molecular formula is C6H5CaN3. The van der Waals surface area contributed by atoms with E-state index in [-0.39, 0.29) is 37.7 Å². The van der Waals surface area contributed by atoms with Gasteiger partial charge in [-0.1, -0.05) is 0 Å². The zero-order valence-corrected chi connectivity index (χ0v) is 7.62. The summed E-state index contributed by atoms with van der Waals surface area (Å²) >= 11 is 0. The third-order valence-corrected chi connectivity index (χ3v) is 1.19. The first-order chi connectivity index (χ1) is 4.47. The van der Waals surface area contributed by atoms with Gasteiger partial charge in [0, 0.05) is 43.9 Å². The standard InChI is InChI=1S/C6H5N3.Ca/c1-2-5-6(7-3-1)9-4-8-5;/h1-4H,(H,7,8,9);. The Bertz CT molecular complexity index is 287. The van der Waals surface area contributed by atoms with Gasteiger partial charge in [0.25, 0.3) is 0 Å². The summed E-state index contributed by atoms with van der Waals surface area (Å²) in [5, 5.41) is 0. The van der Waals surface area contributed by atoms with Crippen molar-refractivity contribution in [2.45, 2.75) is 0 Å². The predicted molar refractivity (Wildman–Crippen MR) is 39.6 cm³/mol. The van der Waals surface area contributed by atoms with Gasteiger partial charge in [-0.05, 0) is 12.1 Å². The van der Waals surface area contributed by atoms with Crippen LogP contribution in [-0.4, -0.2) is 52.7 Å². The molecule has 2 radical (unpaired) electrons. The van der Waals surface area contributed by atoms with Gasteiger partial charge in [0.2, 0.25) is 0 Å². The molecule has 0 fully saturated rings. The number of hydrogen-bond donors (Lipinski definition) is 1. The molecule has 0 bridgehead atoms. The van der Waals surface area contributed by atoms with Crippen LogP contribution in [0, 0.1) is 0 Å². The number of fused-ring (bicyclic) bond motifs is 1. The number of nitrogens with one attached hydrogen (secondary N) is 1. The fraction of sp³-hybridized carbons (Fsp3) is 0. The van der Waals surface area contributed by atoms with Gasteiger partial charge in [-0.15, -0.1) is 0 Å². The second-order valence-electron chi connectivity index (χ2n) is 1.78. The van der Waals surface area contributed by atoms with Crippen LogP contribution in [0.2, 0.25) is 0 Å². The van der Waals surface area contributed by atoms with Gasteiger partial charge >= 0.3 is 0 Å². The van der Waals surface area contributed by atoms with E-state index >= 15 is 0 Å². The fourth-order valence-corrected chi connectivity index (χ4v) is 0.775. The first kappa shape index (κ1) is 7.98. The maximum Gasteiger partial charge on any atom is 0.177 e. The molecule has 4 heteroatoms. The molecule has 0 aliphatic rings. The molecule has 1 N–H and O–H groups in total. The number of H-pyrrole nitrogens is 1. The molecule has 0 aliphatic carbocycles. The fourth-order valence-electron chi connectivity index (χ4n) is 0.775. The van der Waals surface area contributed by atoms with Crippen LogP contribution >= 0.6 is 0 Å². The second kappa shape index (κ2) is 3.32. The van der Waals surface area contributed by atoms with E-state index in [4.69, 9.17) is 0 Å². The van der Waals surface area contributed by atoms with E-state index in [1.807, 2.05) is 12.1 Å². The third kappa shape index (κ3) is 1.31. The largest absolute Gasteiger partial charge is 0.343 e. The summed E-state index contributed by atoms with van der Waals surface area (Å²) in [6, 6.07) is 3.82. The summed E-state index contributed by atoms with van der Waals surface area (Å²) in [6.07, 6.45) is 3.36. The average molecular weight is 159 g/mol. The Hall–Kier alpha value is -0.120. The van der Waals surface area contributed by atoms with E-state index in [0.29, 0.717) is 0 Å². The minimum absolute atomic E-state index is 0. The molecule has 0 amide bonds. The second-order valence-corrected chi connectivity index (χ2v) is 1.78. The van der Waals surface area contributed by atoms with Crippen LogP contribution in [0.5, 0.6) is 0 Å². The number of aromatic amines is 1. The van der Waals surface area contributed by atoms with Crippen molar-refractivity contribution >= 4 is 48.9 Å². The predicted octanol–water partition coefficient (Wildman–Crippen LogP) is 0.577. The molecule has 0 spiro atoms. The van der Waals surface area contributed by atoms with Crippen LogP contribution < -0.4 is 0 Å². The molecule has 2 heterocycles. The van der Waals surface area contributed by atoms with Crippen molar-refractivity contribution in [1.82, 2.24) is 15.0 Å². The van der Waals surface area contributed by atoms with Crippen molar-refractivity contribution in [1.29, 1.82) is 0 Å². The van der Waals surface area contributed by atoms with Crippen LogP contribution in [0.4, 0.5) is 0 Å². The van der Waals surface area contributed by atoms with Crippen LogP contribution in [0.3, 0.4) is 0 Å². The molecule has 0 aromatic carbocycles. The minimum Gasteiger partial charge on any atom is -0.343 e. The molecule has 2 aromatic heterocycles. The Morgan fingerprint density at radius 3 is 3.00 bits per heavy atom. The Labute approximate surface area is 87.9 Å². The van der Waals surface area contributed by atoms with E-state index in [9.17, 15) is 0 Å². The van der Waals surface area contributed by atoms with Crippen LogP contribution in [0.15, 0.2) is 24.7 Å². The van der Waals surface area contributed by atoms with E-state index in [1.165, 1.54) is 0 Å². The van der Waals surface area contributed by atoms with Crippen molar-refractivity contribution in [3.63, 3.8) is 0 Å². The number of hydrogen-bond acceptors (Lipinski definition) is 2. The summed E-state index contributed by atoms with van der Waals surface area (Å²) in [5.74, 6) is 0. The van der Waals surface area contributed by atoms with Gasteiger partial charge in [-0.3, -0.25) is 0 Å². The molecule has 0 saturated carbocycles. The minimum atomic E-state index is 0. The van der Waals surface area contributed by atoms with Gasteiger partial charge in [-0.25, -0.2) is 9.97 Å². The van der Waals surface area contributed by atoms with Crippen LogP contribution in [0.25, 0.3) is 11.2 Å². The zero-order valence-electron chi connectivity index (χ0n) is 5.41. The summed E-state index contributed by atoms with van der Waals surface area (Å²) in [5.41, 5.74) is 1.76. The van der Waals surface area contributed by atoms with Crippen molar-refractivity contribution in [2.75, 3.05) is 0 Å². The molecule has 0 aliphatic heterocycles. The first-order valence-electron chi connectivity index (χ1n) is 2.71. The molecular weight excluding hydrogens is 154 g/mol. The molecule has 3 nitrogen and oxygen atoms in total. The molecule has 0 saturated heterocycles. The Balaban J connectivity index is 0.000000500. The van der Waals surface area contributed by atoms with Crippen LogP contribution in [-0.2, 0) is 0 Å². The SMILES string of the molecule is [Ca].c1cnc2nc[nH]c2c1. The molecule has 0 unspecified atom stereocenters. The smallest absolute Gasteiger partial charge is 0.177 e. The van der Waals surface area contributed by atoms with Gasteiger partial charge in [0.05, 0.1) is 11.8 Å². The first-order valence-corrected chi connectivity index (χ1v) is 2.71. The molecule has 46 valence electrons. The van der Waals surface area contributed by atoms with E-state index in [1.54, 1.807) is 12.5 Å². The summed E-state index contributed by atoms with van der Waals surface area (Å²) in [6.45, 7) is 0. The van der Waals surface area contributed by atoms with Crippen molar-refractivity contribution in [3.8, 4) is 0 Å². The number of pyridine rings is 1. The Morgan fingerprint density at radius 2 is 2.20 bits per heavy atom. The van der Waals surface area contributed by atoms with Crippen molar-refractivity contribution in [3.05, 3.63) is 24.7 Å². The van der Waals surface area contributed by atoms with E-state index < -0.39 is 0 Å². The maximum atomic E-state index is 4.00. The quantitative estimate of drug-likeness (QED) is 0.571. The summed E-state index contributed by atoms with van der Waals surface area (Å²) < 4.78 is 0. The third-order valence-electron chi connectivity index (χ3n) is 1.19. The zero-order chi connectivity index (χ0) is 6.10. The van der Waals surface area contributed by atoms with Gasteiger partial charge in [-0.2, -0.15) is 0 Å². The van der Waals surface area contributed by atoms with E-state index in [0.717, 1.165) is 11.2 Å². The number of nitrogens with zero attached hydrogens (tertiary/aromatic N) is 2. The average Bonchev–Trinajstić information content (AvgIpc) is 2.33. The summed E-state index contributed by atoms with van der Waals surface area (Å²) in [4.78, 5) is 10.9. The number of rotatable bonds is 0. The Kier molecular flexibility index (Phi) is 2.65. The number of aromatic nitrogens is 3. The molecule has 10 heavy (non-hydrogen) atoms. The monoisotopic (exact) mass is 159 g/mol. The van der Waals surface area contributed by atoms with Gasteiger partial charge < -0.3 is 4.98 Å². The number of imidazole rings is 1. The van der Waals surface area contributed by atoms with Crippen molar-refractivity contribution in [2.24, 2.45) is 0 Å². The Morgan fingerprint density at radius 1 is 1.30 bits per heavy atom. The topological polar surface area (TPSA) is 41.6 Å². The normalized spacial score (nSPS) is 9.20.